The molecule has 1 aliphatic heterocycles. The second-order valence-electron chi connectivity index (χ2n) is 9.11. The van der Waals surface area contributed by atoms with Crippen molar-refractivity contribution in [2.24, 2.45) is 0 Å². The van der Waals surface area contributed by atoms with Crippen molar-refractivity contribution in [1.82, 2.24) is 0 Å². The van der Waals surface area contributed by atoms with E-state index in [1.807, 2.05) is 12.1 Å². The van der Waals surface area contributed by atoms with E-state index in [4.69, 9.17) is 4.74 Å². The molecule has 0 bridgehead atoms. The van der Waals surface area contributed by atoms with Crippen LogP contribution in [0.1, 0.15) is 38.3 Å². The molecule has 0 saturated heterocycles. The number of hydrogen-bond donors (Lipinski definition) is 0. The number of allylic oxidation sites excluding steroid dienone is 1. The van der Waals surface area contributed by atoms with Crippen LogP contribution in [0.3, 0.4) is 0 Å². The molecule has 4 heteroatoms. The van der Waals surface area contributed by atoms with Gasteiger partial charge < -0.3 is 4.74 Å². The molecule has 3 aromatic carbocycles. The van der Waals surface area contributed by atoms with Gasteiger partial charge in [0.25, 0.3) is 0 Å². The molecule has 1 heterocycles. The van der Waals surface area contributed by atoms with Crippen molar-refractivity contribution < 1.29 is 14.3 Å². The first-order valence-corrected chi connectivity index (χ1v) is 10.4. The Morgan fingerprint density at radius 3 is 2.32 bits per heavy atom. The van der Waals surface area contributed by atoms with Crippen LogP contribution in [0.15, 0.2) is 60.8 Å². The quantitative estimate of drug-likeness (QED) is 0.499. The fourth-order valence-corrected chi connectivity index (χ4v) is 4.04. The summed E-state index contributed by atoms with van der Waals surface area (Å²) in [5, 5.41) is 2.33. The Bertz CT molecular complexity index is 1230. The van der Waals surface area contributed by atoms with Crippen LogP contribution >= 0.6 is 0 Å². The second kappa shape index (κ2) is 7.69. The first kappa shape index (κ1) is 20.9. The predicted octanol–water partition coefficient (Wildman–Crippen LogP) is 5.94. The number of methoxy groups -OCH3 is 1. The fourth-order valence-electron chi connectivity index (χ4n) is 4.04. The first-order valence-electron chi connectivity index (χ1n) is 10.4. The molecule has 0 saturated carbocycles. The third-order valence-electron chi connectivity index (χ3n) is 5.67. The van der Waals surface area contributed by atoms with Gasteiger partial charge in [0.1, 0.15) is 5.75 Å². The zero-order chi connectivity index (χ0) is 22.3. The van der Waals surface area contributed by atoms with E-state index in [0.29, 0.717) is 0 Å². The van der Waals surface area contributed by atoms with Crippen molar-refractivity contribution in [3.8, 4) is 16.9 Å². The summed E-state index contributed by atoms with van der Waals surface area (Å²) in [6.07, 6.45) is 2.91. The monoisotopic (exact) mass is 413 g/mol. The molecule has 31 heavy (non-hydrogen) atoms. The van der Waals surface area contributed by atoms with Crippen molar-refractivity contribution >= 4 is 28.2 Å². The third-order valence-corrected chi connectivity index (χ3v) is 5.67. The highest BCUT2D eigenvalue weighted by Gasteiger charge is 2.27. The number of fused-ring (bicyclic) bond motifs is 1. The molecule has 0 aromatic heterocycles. The van der Waals surface area contributed by atoms with E-state index in [0.717, 1.165) is 33.5 Å². The third kappa shape index (κ3) is 3.98. The van der Waals surface area contributed by atoms with Crippen molar-refractivity contribution in [1.29, 1.82) is 0 Å². The molecule has 158 valence electrons. The summed E-state index contributed by atoms with van der Waals surface area (Å²) in [7, 11) is 1.68. The van der Waals surface area contributed by atoms with E-state index < -0.39 is 0 Å². The predicted molar refractivity (Wildman–Crippen MR) is 126 cm³/mol. The number of rotatable bonds is 3. The number of ketones is 1. The average Bonchev–Trinajstić information content (AvgIpc) is 2.71. The minimum absolute atomic E-state index is 0.113. The highest BCUT2D eigenvalue weighted by atomic mass is 16.5. The maximum absolute atomic E-state index is 12.6. The standard InChI is InChI=1S/C27H27NO3/c1-17-6-7-19-13-20(9-8-18(19)12-17)23-14-21(28-11-10-22(29)16-25(28)30)15-24(26(23)31-5)27(2,3)4/h6-15H,16H2,1-5H3. The van der Waals surface area contributed by atoms with E-state index in [-0.39, 0.29) is 23.5 Å². The average molecular weight is 414 g/mol. The summed E-state index contributed by atoms with van der Waals surface area (Å²) in [5.41, 5.74) is 4.70. The summed E-state index contributed by atoms with van der Waals surface area (Å²) in [6.45, 7) is 8.46. The van der Waals surface area contributed by atoms with Gasteiger partial charge in [0.15, 0.2) is 5.78 Å². The lowest BCUT2D eigenvalue weighted by atomic mass is 9.83. The SMILES string of the molecule is COc1c(-c2ccc3cc(C)ccc3c2)cc(N2C=CC(=O)CC2=O)cc1C(C)(C)C. The topological polar surface area (TPSA) is 46.6 Å². The Hall–Kier alpha value is -3.40. The van der Waals surface area contributed by atoms with Crippen LogP contribution < -0.4 is 9.64 Å². The maximum atomic E-state index is 12.6. The number of nitrogens with zero attached hydrogens (tertiary/aromatic N) is 1. The minimum atomic E-state index is -0.225. The smallest absolute Gasteiger partial charge is 0.238 e. The van der Waals surface area contributed by atoms with Crippen LogP contribution in [0.5, 0.6) is 5.75 Å². The van der Waals surface area contributed by atoms with Gasteiger partial charge in [-0.25, -0.2) is 0 Å². The van der Waals surface area contributed by atoms with Gasteiger partial charge in [-0.05, 0) is 52.9 Å². The molecular weight excluding hydrogens is 386 g/mol. The number of amides is 1. The Morgan fingerprint density at radius 2 is 1.65 bits per heavy atom. The Balaban J connectivity index is 1.96. The molecule has 0 radical (unpaired) electrons. The lowest BCUT2D eigenvalue weighted by Crippen LogP contribution is -2.31. The largest absolute Gasteiger partial charge is 0.496 e. The van der Waals surface area contributed by atoms with Crippen LogP contribution in [0.25, 0.3) is 21.9 Å². The first-order chi connectivity index (χ1) is 14.7. The lowest BCUT2D eigenvalue weighted by Gasteiger charge is -2.28. The summed E-state index contributed by atoms with van der Waals surface area (Å²) < 4.78 is 5.90. The molecule has 1 aliphatic rings. The van der Waals surface area contributed by atoms with Gasteiger partial charge in [0.2, 0.25) is 5.91 Å². The molecule has 0 atom stereocenters. The maximum Gasteiger partial charge on any atom is 0.238 e. The zero-order valence-electron chi connectivity index (χ0n) is 18.7. The molecule has 0 spiro atoms. The summed E-state index contributed by atoms with van der Waals surface area (Å²) in [4.78, 5) is 25.8. The highest BCUT2D eigenvalue weighted by molar-refractivity contribution is 6.13. The van der Waals surface area contributed by atoms with Gasteiger partial charge in [-0.1, -0.05) is 56.7 Å². The summed E-state index contributed by atoms with van der Waals surface area (Å²) in [6, 6.07) is 16.7. The van der Waals surface area contributed by atoms with E-state index in [9.17, 15) is 9.59 Å². The lowest BCUT2D eigenvalue weighted by molar-refractivity contribution is -0.124. The van der Waals surface area contributed by atoms with Gasteiger partial charge in [0, 0.05) is 23.0 Å². The summed E-state index contributed by atoms with van der Waals surface area (Å²) in [5.74, 6) is 0.403. The second-order valence-corrected chi connectivity index (χ2v) is 9.11. The van der Waals surface area contributed by atoms with Crippen molar-refractivity contribution in [3.63, 3.8) is 0 Å². The molecule has 1 amide bonds. The van der Waals surface area contributed by atoms with Crippen LogP contribution in [0.2, 0.25) is 0 Å². The number of aryl methyl sites for hydroxylation is 1. The Labute approximate surface area is 183 Å². The molecule has 4 nitrogen and oxygen atoms in total. The van der Waals surface area contributed by atoms with Crippen LogP contribution in [-0.2, 0) is 15.0 Å². The van der Waals surface area contributed by atoms with E-state index in [2.05, 4.69) is 64.1 Å². The zero-order valence-corrected chi connectivity index (χ0v) is 18.7. The van der Waals surface area contributed by atoms with Gasteiger partial charge in [-0.3, -0.25) is 14.5 Å². The Kier molecular flexibility index (Phi) is 5.18. The van der Waals surface area contributed by atoms with Crippen LogP contribution in [0.4, 0.5) is 5.69 Å². The molecule has 4 rings (SSSR count). The Morgan fingerprint density at radius 1 is 0.935 bits per heavy atom. The van der Waals surface area contributed by atoms with Crippen molar-refractivity contribution in [2.45, 2.75) is 39.5 Å². The fraction of sp³-hybridized carbons (Fsp3) is 0.259. The summed E-state index contributed by atoms with van der Waals surface area (Å²) >= 11 is 0. The van der Waals surface area contributed by atoms with Gasteiger partial charge in [-0.2, -0.15) is 0 Å². The highest BCUT2D eigenvalue weighted by Crippen LogP contribution is 2.43. The molecule has 0 fully saturated rings. The number of carbonyl (C=O) groups is 2. The van der Waals surface area contributed by atoms with Gasteiger partial charge >= 0.3 is 0 Å². The van der Waals surface area contributed by atoms with E-state index in [1.165, 1.54) is 17.0 Å². The van der Waals surface area contributed by atoms with Crippen LogP contribution in [-0.4, -0.2) is 18.8 Å². The van der Waals surface area contributed by atoms with Crippen LogP contribution in [0, 0.1) is 6.92 Å². The molecule has 3 aromatic rings. The molecule has 0 N–H and O–H groups in total. The molecule has 0 unspecified atom stereocenters. The number of hydrogen-bond acceptors (Lipinski definition) is 3. The number of anilines is 1. The van der Waals surface area contributed by atoms with E-state index >= 15 is 0 Å². The number of ether oxygens (including phenoxy) is 1. The van der Waals surface area contributed by atoms with Gasteiger partial charge in [-0.15, -0.1) is 0 Å². The number of benzene rings is 3. The van der Waals surface area contributed by atoms with E-state index in [1.54, 1.807) is 18.2 Å². The minimum Gasteiger partial charge on any atom is -0.496 e. The molecular formula is C27H27NO3. The van der Waals surface area contributed by atoms with Crippen molar-refractivity contribution in [3.05, 3.63) is 71.9 Å². The normalized spacial score (nSPS) is 14.4. The van der Waals surface area contributed by atoms with Crippen molar-refractivity contribution in [2.75, 3.05) is 12.0 Å². The van der Waals surface area contributed by atoms with Gasteiger partial charge in [0.05, 0.1) is 13.5 Å². The molecule has 0 aliphatic carbocycles. The number of carbonyl (C=O) groups excluding carboxylic acids is 2.